The van der Waals surface area contributed by atoms with Crippen molar-refractivity contribution in [1.29, 1.82) is 0 Å². The largest absolute Gasteiger partial charge is 0.339 e. The van der Waals surface area contributed by atoms with Crippen LogP contribution < -0.4 is 0 Å². The molecule has 1 aromatic rings. The van der Waals surface area contributed by atoms with E-state index in [1.54, 1.807) is 0 Å². The zero-order valence-electron chi connectivity index (χ0n) is 10.9. The second-order valence-electron chi connectivity index (χ2n) is 6.30. The predicted molar refractivity (Wildman–Crippen MR) is 60.9 cm³/mol. The number of nitrogens with zero attached hydrogens (tertiary/aromatic N) is 2. The smallest absolute Gasteiger partial charge is 0.232 e. The van der Waals surface area contributed by atoms with Crippen LogP contribution in [0, 0.1) is 5.41 Å². The first kappa shape index (κ1) is 12.2. The highest BCUT2D eigenvalue weighted by molar-refractivity contribution is 5.03. The van der Waals surface area contributed by atoms with Crippen molar-refractivity contribution >= 4 is 0 Å². The van der Waals surface area contributed by atoms with Crippen LogP contribution in [0.4, 0.5) is 0 Å². The van der Waals surface area contributed by atoms with Gasteiger partial charge in [0.1, 0.15) is 0 Å². The van der Waals surface area contributed by atoms with Crippen LogP contribution >= 0.6 is 0 Å². The van der Waals surface area contributed by atoms with Gasteiger partial charge in [-0.05, 0) is 5.41 Å². The molecule has 0 amide bonds. The Bertz CT molecular complexity index is 328. The van der Waals surface area contributed by atoms with E-state index in [-0.39, 0.29) is 10.8 Å². The third kappa shape index (κ3) is 2.80. The minimum absolute atomic E-state index is 0.0666. The monoisotopic (exact) mass is 210 g/mol. The van der Waals surface area contributed by atoms with Crippen molar-refractivity contribution in [2.24, 2.45) is 5.41 Å². The summed E-state index contributed by atoms with van der Waals surface area (Å²) in [6.45, 7) is 14.9. The molecule has 3 heteroatoms. The fourth-order valence-electron chi connectivity index (χ4n) is 1.10. The van der Waals surface area contributed by atoms with Gasteiger partial charge in [-0.3, -0.25) is 0 Å². The van der Waals surface area contributed by atoms with E-state index in [1.807, 2.05) is 0 Å². The Balaban J connectivity index is 2.95. The number of hydrogen-bond donors (Lipinski definition) is 0. The molecule has 1 rings (SSSR count). The molecular formula is C12H22N2O. The van der Waals surface area contributed by atoms with Crippen molar-refractivity contribution in [2.75, 3.05) is 0 Å². The van der Waals surface area contributed by atoms with Crippen LogP contribution in [0.15, 0.2) is 4.52 Å². The van der Waals surface area contributed by atoms with Gasteiger partial charge in [-0.2, -0.15) is 4.98 Å². The van der Waals surface area contributed by atoms with Crippen molar-refractivity contribution in [3.05, 3.63) is 11.7 Å². The summed E-state index contributed by atoms with van der Waals surface area (Å²) in [7, 11) is 0. The first-order valence-electron chi connectivity index (χ1n) is 5.46. The first-order valence-corrected chi connectivity index (χ1v) is 5.46. The van der Waals surface area contributed by atoms with Gasteiger partial charge >= 0.3 is 0 Å². The summed E-state index contributed by atoms with van der Waals surface area (Å²) in [5, 5.41) is 4.06. The standard InChI is InChI=1S/C12H22N2O/c1-8(11(2,3)4)9-13-10(15-14-9)12(5,6)7/h8H,1-7H3. The van der Waals surface area contributed by atoms with E-state index in [1.165, 1.54) is 0 Å². The van der Waals surface area contributed by atoms with E-state index in [0.29, 0.717) is 11.8 Å². The molecule has 0 saturated carbocycles. The Morgan fingerprint density at radius 1 is 1.07 bits per heavy atom. The lowest BCUT2D eigenvalue weighted by molar-refractivity contribution is 0.297. The number of hydrogen-bond acceptors (Lipinski definition) is 3. The maximum Gasteiger partial charge on any atom is 0.232 e. The van der Waals surface area contributed by atoms with Crippen LogP contribution in [0.25, 0.3) is 0 Å². The Hall–Kier alpha value is -0.860. The van der Waals surface area contributed by atoms with E-state index in [2.05, 4.69) is 58.6 Å². The summed E-state index contributed by atoms with van der Waals surface area (Å²) in [4.78, 5) is 4.47. The second-order valence-corrected chi connectivity index (χ2v) is 6.30. The maximum absolute atomic E-state index is 5.28. The molecule has 1 unspecified atom stereocenters. The van der Waals surface area contributed by atoms with Crippen molar-refractivity contribution in [2.45, 2.75) is 59.8 Å². The molecule has 1 atom stereocenters. The van der Waals surface area contributed by atoms with Crippen LogP contribution in [0.5, 0.6) is 0 Å². The summed E-state index contributed by atoms with van der Waals surface area (Å²) in [6, 6.07) is 0. The van der Waals surface area contributed by atoms with Gasteiger partial charge in [0.2, 0.25) is 5.89 Å². The number of rotatable bonds is 1. The second kappa shape index (κ2) is 3.62. The van der Waals surface area contributed by atoms with Crippen LogP contribution in [-0.2, 0) is 5.41 Å². The van der Waals surface area contributed by atoms with Gasteiger partial charge in [0.25, 0.3) is 0 Å². The average molecular weight is 210 g/mol. The zero-order valence-corrected chi connectivity index (χ0v) is 10.9. The Morgan fingerprint density at radius 2 is 1.60 bits per heavy atom. The quantitative estimate of drug-likeness (QED) is 0.712. The van der Waals surface area contributed by atoms with E-state index in [0.717, 1.165) is 5.82 Å². The fraction of sp³-hybridized carbons (Fsp3) is 0.833. The van der Waals surface area contributed by atoms with Crippen molar-refractivity contribution in [1.82, 2.24) is 10.1 Å². The van der Waals surface area contributed by atoms with E-state index in [4.69, 9.17) is 4.52 Å². The van der Waals surface area contributed by atoms with Gasteiger partial charge in [-0.15, -0.1) is 0 Å². The fourth-order valence-corrected chi connectivity index (χ4v) is 1.10. The van der Waals surface area contributed by atoms with Crippen molar-refractivity contribution in [3.63, 3.8) is 0 Å². The van der Waals surface area contributed by atoms with Crippen LogP contribution in [0.3, 0.4) is 0 Å². The van der Waals surface area contributed by atoms with Gasteiger partial charge in [0, 0.05) is 11.3 Å². The molecule has 86 valence electrons. The van der Waals surface area contributed by atoms with Gasteiger partial charge in [-0.1, -0.05) is 53.6 Å². The molecule has 0 aliphatic heterocycles. The SMILES string of the molecule is CC(c1noc(C(C)(C)C)n1)C(C)(C)C. The van der Waals surface area contributed by atoms with Crippen LogP contribution in [-0.4, -0.2) is 10.1 Å². The minimum atomic E-state index is -0.0666. The highest BCUT2D eigenvalue weighted by Crippen LogP contribution is 2.33. The minimum Gasteiger partial charge on any atom is -0.339 e. The van der Waals surface area contributed by atoms with Crippen molar-refractivity contribution < 1.29 is 4.52 Å². The molecule has 15 heavy (non-hydrogen) atoms. The Labute approximate surface area is 92.3 Å². The Morgan fingerprint density at radius 3 is 1.93 bits per heavy atom. The summed E-state index contributed by atoms with van der Waals surface area (Å²) in [6.07, 6.45) is 0. The lowest BCUT2D eigenvalue weighted by atomic mass is 9.81. The Kier molecular flexibility index (Phi) is 2.94. The molecule has 0 radical (unpaired) electrons. The normalized spacial score (nSPS) is 15.4. The highest BCUT2D eigenvalue weighted by Gasteiger charge is 2.28. The summed E-state index contributed by atoms with van der Waals surface area (Å²) >= 11 is 0. The molecule has 0 aliphatic rings. The lowest BCUT2D eigenvalue weighted by Gasteiger charge is -2.24. The maximum atomic E-state index is 5.28. The molecule has 3 nitrogen and oxygen atoms in total. The van der Waals surface area contributed by atoms with Gasteiger partial charge in [-0.25, -0.2) is 0 Å². The topological polar surface area (TPSA) is 38.9 Å². The molecule has 1 heterocycles. The van der Waals surface area contributed by atoms with Crippen molar-refractivity contribution in [3.8, 4) is 0 Å². The van der Waals surface area contributed by atoms with Gasteiger partial charge in [0.15, 0.2) is 5.82 Å². The zero-order chi connectivity index (χ0) is 11.9. The van der Waals surface area contributed by atoms with Crippen LogP contribution in [0.1, 0.15) is 66.1 Å². The average Bonchev–Trinajstić information content (AvgIpc) is 2.47. The molecule has 0 saturated heterocycles. The van der Waals surface area contributed by atoms with Crippen LogP contribution in [0.2, 0.25) is 0 Å². The molecule has 0 aromatic carbocycles. The molecule has 0 fully saturated rings. The van der Waals surface area contributed by atoms with E-state index >= 15 is 0 Å². The summed E-state index contributed by atoms with van der Waals surface area (Å²) in [5.41, 5.74) is 0.0991. The summed E-state index contributed by atoms with van der Waals surface area (Å²) < 4.78 is 5.28. The summed E-state index contributed by atoms with van der Waals surface area (Å²) in [5.74, 6) is 1.83. The van der Waals surface area contributed by atoms with Gasteiger partial charge < -0.3 is 4.52 Å². The molecule has 0 bridgehead atoms. The lowest BCUT2D eigenvalue weighted by Crippen LogP contribution is -2.17. The predicted octanol–water partition coefficient (Wildman–Crippen LogP) is 3.52. The molecule has 1 aromatic heterocycles. The third-order valence-electron chi connectivity index (χ3n) is 2.77. The van der Waals surface area contributed by atoms with E-state index < -0.39 is 0 Å². The molecule has 0 aliphatic carbocycles. The first-order chi connectivity index (χ1) is 6.62. The number of aromatic nitrogens is 2. The molecule has 0 N–H and O–H groups in total. The highest BCUT2D eigenvalue weighted by atomic mass is 16.5. The van der Waals surface area contributed by atoms with E-state index in [9.17, 15) is 0 Å². The molecular weight excluding hydrogens is 188 g/mol. The third-order valence-corrected chi connectivity index (χ3v) is 2.77. The molecule has 0 spiro atoms. The van der Waals surface area contributed by atoms with Gasteiger partial charge in [0.05, 0.1) is 0 Å².